The molecule has 0 saturated heterocycles. The Morgan fingerprint density at radius 3 is 2.73 bits per heavy atom. The van der Waals surface area contributed by atoms with E-state index in [2.05, 4.69) is 41.5 Å². The van der Waals surface area contributed by atoms with Crippen LogP contribution in [0.25, 0.3) is 0 Å². The van der Waals surface area contributed by atoms with Crippen LogP contribution in [0.2, 0.25) is 0 Å². The summed E-state index contributed by atoms with van der Waals surface area (Å²) in [5, 5.41) is 3.70. The fraction of sp³-hybridized carbons (Fsp3) is 0.200. The number of carbonyl (C=O) groups is 1. The van der Waals surface area contributed by atoms with Crippen LogP contribution in [0.4, 0.5) is 5.69 Å². The van der Waals surface area contributed by atoms with Crippen molar-refractivity contribution < 1.29 is 9.53 Å². The molecule has 0 saturated carbocycles. The zero-order chi connectivity index (χ0) is 18.4. The number of hydrogen-bond acceptors (Lipinski definition) is 4. The van der Waals surface area contributed by atoms with Crippen LogP contribution < -0.4 is 10.1 Å². The molecule has 0 aliphatic rings. The predicted octanol–water partition coefficient (Wildman–Crippen LogP) is 3.98. The van der Waals surface area contributed by atoms with Crippen LogP contribution >= 0.6 is 11.8 Å². The average Bonchev–Trinajstić information content (AvgIpc) is 3.09. The molecule has 0 atom stereocenters. The molecule has 3 rings (SSSR count). The minimum atomic E-state index is -0.0932. The molecule has 0 aliphatic carbocycles. The van der Waals surface area contributed by atoms with Gasteiger partial charge in [0.2, 0.25) is 5.91 Å². The van der Waals surface area contributed by atoms with Crippen molar-refractivity contribution in [2.45, 2.75) is 18.6 Å². The highest BCUT2D eigenvalue weighted by atomic mass is 32.2. The molecule has 0 spiro atoms. The summed E-state index contributed by atoms with van der Waals surface area (Å²) in [5.74, 6) is 0.833. The zero-order valence-corrected chi connectivity index (χ0v) is 15.6. The Morgan fingerprint density at radius 2 is 1.96 bits per heavy atom. The van der Waals surface area contributed by atoms with Gasteiger partial charge in [0.1, 0.15) is 5.75 Å². The first-order chi connectivity index (χ1) is 12.7. The first kappa shape index (κ1) is 18.1. The average molecular weight is 367 g/mol. The summed E-state index contributed by atoms with van der Waals surface area (Å²) in [7, 11) is 1.58. The maximum atomic E-state index is 12.3. The van der Waals surface area contributed by atoms with Crippen molar-refractivity contribution in [3.63, 3.8) is 0 Å². The number of imidazole rings is 1. The Labute approximate surface area is 157 Å². The number of methoxy groups -OCH3 is 1. The Balaban J connectivity index is 1.59. The van der Waals surface area contributed by atoms with Crippen molar-refractivity contribution in [3.05, 3.63) is 72.1 Å². The van der Waals surface area contributed by atoms with E-state index in [1.54, 1.807) is 13.3 Å². The molecular formula is C20H21N3O2S. The first-order valence-electron chi connectivity index (χ1n) is 8.28. The van der Waals surface area contributed by atoms with Crippen LogP contribution in [-0.4, -0.2) is 28.3 Å². The number of thioether (sulfide) groups is 1. The highest BCUT2D eigenvalue weighted by Gasteiger charge is 2.10. The van der Waals surface area contributed by atoms with Crippen molar-refractivity contribution in [1.29, 1.82) is 0 Å². The van der Waals surface area contributed by atoms with Crippen molar-refractivity contribution in [1.82, 2.24) is 9.55 Å². The van der Waals surface area contributed by atoms with Gasteiger partial charge in [0.05, 0.1) is 18.6 Å². The fourth-order valence-corrected chi connectivity index (χ4v) is 3.27. The topological polar surface area (TPSA) is 56.1 Å². The Bertz CT molecular complexity index is 875. The van der Waals surface area contributed by atoms with Crippen molar-refractivity contribution in [2.24, 2.45) is 0 Å². The van der Waals surface area contributed by atoms with Gasteiger partial charge >= 0.3 is 0 Å². The van der Waals surface area contributed by atoms with E-state index in [0.717, 1.165) is 11.7 Å². The molecule has 0 fully saturated rings. The third-order valence-electron chi connectivity index (χ3n) is 3.86. The first-order valence-corrected chi connectivity index (χ1v) is 9.26. The van der Waals surface area contributed by atoms with Crippen LogP contribution in [0.5, 0.6) is 5.75 Å². The maximum absolute atomic E-state index is 12.3. The Kier molecular flexibility index (Phi) is 5.96. The molecule has 6 heteroatoms. The molecule has 1 N–H and O–H groups in total. The lowest BCUT2D eigenvalue weighted by molar-refractivity contribution is -0.113. The van der Waals surface area contributed by atoms with Crippen LogP contribution in [-0.2, 0) is 11.3 Å². The van der Waals surface area contributed by atoms with Crippen LogP contribution in [0.15, 0.2) is 66.1 Å². The second kappa shape index (κ2) is 8.58. The zero-order valence-electron chi connectivity index (χ0n) is 14.8. The van der Waals surface area contributed by atoms with Crippen LogP contribution in [0.1, 0.15) is 11.1 Å². The highest BCUT2D eigenvalue weighted by Crippen LogP contribution is 2.24. The lowest BCUT2D eigenvalue weighted by atomic mass is 10.1. The summed E-state index contributed by atoms with van der Waals surface area (Å²) in [6, 6.07) is 15.8. The van der Waals surface area contributed by atoms with E-state index in [-0.39, 0.29) is 11.7 Å². The molecule has 1 amide bonds. The number of benzene rings is 2. The minimum Gasteiger partial charge on any atom is -0.495 e. The number of para-hydroxylation sites is 2. The molecule has 0 radical (unpaired) electrons. The number of rotatable bonds is 7. The Morgan fingerprint density at radius 1 is 1.19 bits per heavy atom. The van der Waals surface area contributed by atoms with E-state index in [9.17, 15) is 4.79 Å². The highest BCUT2D eigenvalue weighted by molar-refractivity contribution is 7.99. The third-order valence-corrected chi connectivity index (χ3v) is 4.87. The summed E-state index contributed by atoms with van der Waals surface area (Å²) in [5.41, 5.74) is 3.11. The summed E-state index contributed by atoms with van der Waals surface area (Å²) >= 11 is 1.42. The van der Waals surface area contributed by atoms with Gasteiger partial charge in [0.15, 0.2) is 5.16 Å². The monoisotopic (exact) mass is 367 g/mol. The maximum Gasteiger partial charge on any atom is 0.234 e. The summed E-state index contributed by atoms with van der Waals surface area (Å²) in [6.45, 7) is 2.80. The minimum absolute atomic E-state index is 0.0932. The molecule has 26 heavy (non-hydrogen) atoms. The van der Waals surface area contributed by atoms with Gasteiger partial charge < -0.3 is 14.6 Å². The number of aromatic nitrogens is 2. The molecular weight excluding hydrogens is 346 g/mol. The molecule has 2 aromatic carbocycles. The van der Waals surface area contributed by atoms with E-state index in [1.165, 1.54) is 22.9 Å². The van der Waals surface area contributed by atoms with Crippen molar-refractivity contribution in [2.75, 3.05) is 18.2 Å². The largest absolute Gasteiger partial charge is 0.495 e. The van der Waals surface area contributed by atoms with Crippen molar-refractivity contribution in [3.8, 4) is 5.75 Å². The van der Waals surface area contributed by atoms with E-state index in [1.807, 2.05) is 35.0 Å². The second-order valence-electron chi connectivity index (χ2n) is 5.86. The summed E-state index contributed by atoms with van der Waals surface area (Å²) in [6.07, 6.45) is 3.69. The molecule has 0 unspecified atom stereocenters. The van der Waals surface area contributed by atoms with Gasteiger partial charge in [-0.2, -0.15) is 0 Å². The van der Waals surface area contributed by atoms with E-state index in [4.69, 9.17) is 4.74 Å². The molecule has 3 aromatic rings. The number of amides is 1. The van der Waals surface area contributed by atoms with Gasteiger partial charge in [0.25, 0.3) is 0 Å². The molecule has 1 heterocycles. The summed E-state index contributed by atoms with van der Waals surface area (Å²) in [4.78, 5) is 16.6. The molecule has 134 valence electrons. The van der Waals surface area contributed by atoms with Gasteiger partial charge in [-0.1, -0.05) is 53.7 Å². The number of nitrogens with one attached hydrogen (secondary N) is 1. The molecule has 0 bridgehead atoms. The van der Waals surface area contributed by atoms with Gasteiger partial charge in [-0.05, 0) is 24.6 Å². The SMILES string of the molecule is COc1ccccc1NC(=O)CSc1nccn1Cc1ccc(C)cc1. The third kappa shape index (κ3) is 4.67. The molecule has 0 aliphatic heterocycles. The van der Waals surface area contributed by atoms with Gasteiger partial charge in [-0.15, -0.1) is 0 Å². The number of anilines is 1. The number of carbonyl (C=O) groups excluding carboxylic acids is 1. The molecule has 5 nitrogen and oxygen atoms in total. The normalized spacial score (nSPS) is 10.5. The van der Waals surface area contributed by atoms with Gasteiger partial charge in [0, 0.05) is 18.9 Å². The lowest BCUT2D eigenvalue weighted by Gasteiger charge is -2.10. The number of nitrogens with zero attached hydrogens (tertiary/aromatic N) is 2. The quantitative estimate of drug-likeness (QED) is 0.642. The summed E-state index contributed by atoms with van der Waals surface area (Å²) < 4.78 is 7.30. The van der Waals surface area contributed by atoms with E-state index < -0.39 is 0 Å². The fourth-order valence-electron chi connectivity index (χ4n) is 2.51. The number of aryl methyl sites for hydroxylation is 1. The smallest absolute Gasteiger partial charge is 0.234 e. The van der Waals surface area contributed by atoms with Crippen LogP contribution in [0.3, 0.4) is 0 Å². The van der Waals surface area contributed by atoms with Gasteiger partial charge in [-0.25, -0.2) is 4.98 Å². The van der Waals surface area contributed by atoms with E-state index >= 15 is 0 Å². The standard InChI is InChI=1S/C20H21N3O2S/c1-15-7-9-16(10-8-15)13-23-12-11-21-20(23)26-14-19(24)22-17-5-3-4-6-18(17)25-2/h3-12H,13-14H2,1-2H3,(H,22,24). The van der Waals surface area contributed by atoms with Crippen molar-refractivity contribution >= 4 is 23.4 Å². The number of hydrogen-bond donors (Lipinski definition) is 1. The second-order valence-corrected chi connectivity index (χ2v) is 6.80. The van der Waals surface area contributed by atoms with E-state index in [0.29, 0.717) is 11.4 Å². The van der Waals surface area contributed by atoms with Gasteiger partial charge in [-0.3, -0.25) is 4.79 Å². The predicted molar refractivity (Wildman–Crippen MR) is 105 cm³/mol. The number of ether oxygens (including phenoxy) is 1. The Hall–Kier alpha value is -2.73. The lowest BCUT2D eigenvalue weighted by Crippen LogP contribution is -2.15. The van der Waals surface area contributed by atoms with Crippen LogP contribution in [0, 0.1) is 6.92 Å². The molecule has 1 aromatic heterocycles.